The Kier molecular flexibility index (Phi) is 3.09. The van der Waals surface area contributed by atoms with E-state index in [1.807, 2.05) is 0 Å². The summed E-state index contributed by atoms with van der Waals surface area (Å²) < 4.78 is 0. The molecule has 1 aliphatic heterocycles. The number of rotatable bonds is 0. The van der Waals surface area contributed by atoms with Gasteiger partial charge < -0.3 is 5.32 Å². The van der Waals surface area contributed by atoms with Gasteiger partial charge in [-0.1, -0.05) is 26.8 Å². The van der Waals surface area contributed by atoms with Crippen LogP contribution in [0.15, 0.2) is 23.1 Å². The van der Waals surface area contributed by atoms with Crippen LogP contribution in [0.25, 0.3) is 0 Å². The molecule has 0 aliphatic carbocycles. The van der Waals surface area contributed by atoms with Crippen molar-refractivity contribution in [3.05, 3.63) is 23.8 Å². The van der Waals surface area contributed by atoms with Crippen molar-refractivity contribution >= 4 is 17.4 Å². The van der Waals surface area contributed by atoms with Gasteiger partial charge in [0.25, 0.3) is 0 Å². The van der Waals surface area contributed by atoms with Gasteiger partial charge in [0.1, 0.15) is 5.25 Å². The Bertz CT molecular complexity index is 468. The van der Waals surface area contributed by atoms with Crippen LogP contribution in [0.4, 0.5) is 5.69 Å². The van der Waals surface area contributed by atoms with Gasteiger partial charge >= 0.3 is 0 Å². The summed E-state index contributed by atoms with van der Waals surface area (Å²) in [7, 11) is 0. The van der Waals surface area contributed by atoms with Gasteiger partial charge in [-0.05, 0) is 30.0 Å². The highest BCUT2D eigenvalue weighted by molar-refractivity contribution is 8.00. The molecular weight excluding hydrogens is 228 g/mol. The molecular formula is C14H18N2S. The third kappa shape index (κ3) is 2.42. The maximum Gasteiger partial charge on any atom is 0.116 e. The first kappa shape index (κ1) is 12.3. The highest BCUT2D eigenvalue weighted by atomic mass is 32.2. The number of thioether (sulfide) groups is 1. The Hall–Kier alpha value is -1.14. The van der Waals surface area contributed by atoms with E-state index < -0.39 is 0 Å². The van der Waals surface area contributed by atoms with E-state index in [1.165, 1.54) is 10.5 Å². The molecule has 0 amide bonds. The van der Waals surface area contributed by atoms with Gasteiger partial charge in [0.15, 0.2) is 0 Å². The van der Waals surface area contributed by atoms with Crippen molar-refractivity contribution in [3.63, 3.8) is 0 Å². The standard InChI is InChI=1S/C14H18N2S/c1-9-13(8-15)17-12-7-10(14(2,3)4)5-6-11(12)16-9/h5-7,9,13,16H,1-4H3. The largest absolute Gasteiger partial charge is 0.379 e. The second-order valence-electron chi connectivity index (χ2n) is 5.56. The number of nitriles is 1. The van der Waals surface area contributed by atoms with Crippen LogP contribution in [0, 0.1) is 11.3 Å². The molecule has 0 fully saturated rings. The molecule has 1 aliphatic rings. The van der Waals surface area contributed by atoms with E-state index in [0.29, 0.717) is 0 Å². The number of hydrogen-bond donors (Lipinski definition) is 1. The van der Waals surface area contributed by atoms with Crippen molar-refractivity contribution in [1.82, 2.24) is 0 Å². The maximum absolute atomic E-state index is 9.11. The number of nitrogens with one attached hydrogen (secondary N) is 1. The molecule has 0 bridgehead atoms. The Morgan fingerprint density at radius 3 is 2.65 bits per heavy atom. The number of nitrogens with zero attached hydrogens (tertiary/aromatic N) is 1. The van der Waals surface area contributed by atoms with E-state index in [4.69, 9.17) is 5.26 Å². The summed E-state index contributed by atoms with van der Waals surface area (Å²) in [4.78, 5) is 1.20. The average Bonchev–Trinajstić information content (AvgIpc) is 2.26. The summed E-state index contributed by atoms with van der Waals surface area (Å²) in [5.41, 5.74) is 2.62. The van der Waals surface area contributed by atoms with Crippen LogP contribution in [0.2, 0.25) is 0 Å². The number of anilines is 1. The molecule has 2 rings (SSSR count). The van der Waals surface area contributed by atoms with Gasteiger partial charge in [0, 0.05) is 16.6 Å². The first-order chi connectivity index (χ1) is 7.91. The number of benzene rings is 1. The maximum atomic E-state index is 9.11. The zero-order chi connectivity index (χ0) is 12.6. The van der Waals surface area contributed by atoms with E-state index in [1.54, 1.807) is 11.8 Å². The molecule has 2 nitrogen and oxygen atoms in total. The molecule has 1 aromatic carbocycles. The second kappa shape index (κ2) is 4.27. The molecule has 0 saturated heterocycles. The third-order valence-corrected chi connectivity index (χ3v) is 4.43. The molecule has 17 heavy (non-hydrogen) atoms. The summed E-state index contributed by atoms with van der Waals surface area (Å²) in [5.74, 6) is 0. The second-order valence-corrected chi connectivity index (χ2v) is 6.74. The highest BCUT2D eigenvalue weighted by Gasteiger charge is 2.26. The molecule has 1 aromatic rings. The highest BCUT2D eigenvalue weighted by Crippen LogP contribution is 2.39. The molecule has 0 aromatic heterocycles. The fraction of sp³-hybridized carbons (Fsp3) is 0.500. The first-order valence-electron chi connectivity index (χ1n) is 5.89. The van der Waals surface area contributed by atoms with Gasteiger partial charge in [-0.2, -0.15) is 5.26 Å². The minimum atomic E-state index is -0.00211. The SMILES string of the molecule is CC1Nc2ccc(C(C)(C)C)cc2SC1C#N. The first-order valence-corrected chi connectivity index (χ1v) is 6.77. The van der Waals surface area contributed by atoms with Crippen LogP contribution in [-0.4, -0.2) is 11.3 Å². The third-order valence-electron chi connectivity index (χ3n) is 3.07. The lowest BCUT2D eigenvalue weighted by Gasteiger charge is -2.29. The van der Waals surface area contributed by atoms with Crippen molar-refractivity contribution in [3.8, 4) is 6.07 Å². The number of hydrogen-bond acceptors (Lipinski definition) is 3. The van der Waals surface area contributed by atoms with Gasteiger partial charge in [-0.25, -0.2) is 0 Å². The summed E-state index contributed by atoms with van der Waals surface area (Å²) >= 11 is 1.67. The molecule has 1 N–H and O–H groups in total. The Morgan fingerprint density at radius 2 is 2.06 bits per heavy atom. The van der Waals surface area contributed by atoms with E-state index in [2.05, 4.69) is 57.3 Å². The van der Waals surface area contributed by atoms with Crippen molar-refractivity contribution in [2.24, 2.45) is 0 Å². The van der Waals surface area contributed by atoms with Crippen LogP contribution in [0.5, 0.6) is 0 Å². The minimum absolute atomic E-state index is 0.00211. The Balaban J connectivity index is 2.38. The summed E-state index contributed by atoms with van der Waals surface area (Å²) in [6, 6.07) is 9.08. The van der Waals surface area contributed by atoms with Gasteiger partial charge in [-0.3, -0.25) is 0 Å². The van der Waals surface area contributed by atoms with E-state index in [-0.39, 0.29) is 16.7 Å². The van der Waals surface area contributed by atoms with Gasteiger partial charge in [0.2, 0.25) is 0 Å². The predicted molar refractivity (Wildman–Crippen MR) is 73.5 cm³/mol. The van der Waals surface area contributed by atoms with Crippen LogP contribution in [0.3, 0.4) is 0 Å². The smallest absolute Gasteiger partial charge is 0.116 e. The molecule has 0 spiro atoms. The van der Waals surface area contributed by atoms with Crippen LogP contribution in [-0.2, 0) is 5.41 Å². The van der Waals surface area contributed by atoms with Crippen LogP contribution >= 0.6 is 11.8 Å². The fourth-order valence-corrected chi connectivity index (χ4v) is 2.95. The summed E-state index contributed by atoms with van der Waals surface area (Å²) in [6.07, 6.45) is 0. The molecule has 0 radical (unpaired) electrons. The quantitative estimate of drug-likeness (QED) is 0.756. The zero-order valence-electron chi connectivity index (χ0n) is 10.7. The fourth-order valence-electron chi connectivity index (χ4n) is 1.90. The molecule has 3 heteroatoms. The van der Waals surface area contributed by atoms with Crippen molar-refractivity contribution in [2.45, 2.75) is 49.3 Å². The van der Waals surface area contributed by atoms with E-state index >= 15 is 0 Å². The average molecular weight is 246 g/mol. The van der Waals surface area contributed by atoms with E-state index in [9.17, 15) is 0 Å². The molecule has 1 heterocycles. The lowest BCUT2D eigenvalue weighted by atomic mass is 9.87. The topological polar surface area (TPSA) is 35.8 Å². The monoisotopic (exact) mass is 246 g/mol. The zero-order valence-corrected chi connectivity index (χ0v) is 11.6. The Morgan fingerprint density at radius 1 is 1.35 bits per heavy atom. The Labute approximate surface area is 107 Å². The van der Waals surface area contributed by atoms with Gasteiger partial charge in [-0.15, -0.1) is 11.8 Å². The summed E-state index contributed by atoms with van der Waals surface area (Å²) in [5, 5.41) is 12.5. The van der Waals surface area contributed by atoms with Crippen molar-refractivity contribution in [2.75, 3.05) is 5.32 Å². The molecule has 2 unspecified atom stereocenters. The molecule has 2 atom stereocenters. The molecule has 90 valence electrons. The van der Waals surface area contributed by atoms with Crippen molar-refractivity contribution < 1.29 is 0 Å². The predicted octanol–water partition coefficient (Wildman–Crippen LogP) is 3.78. The van der Waals surface area contributed by atoms with Gasteiger partial charge in [0.05, 0.1) is 6.07 Å². The lowest BCUT2D eigenvalue weighted by Crippen LogP contribution is -2.30. The lowest BCUT2D eigenvalue weighted by molar-refractivity contribution is 0.588. The van der Waals surface area contributed by atoms with Crippen molar-refractivity contribution in [1.29, 1.82) is 5.26 Å². The summed E-state index contributed by atoms with van der Waals surface area (Å²) in [6.45, 7) is 8.68. The molecule has 0 saturated carbocycles. The minimum Gasteiger partial charge on any atom is -0.379 e. The number of fused-ring (bicyclic) bond motifs is 1. The normalized spacial score (nSPS) is 23.5. The van der Waals surface area contributed by atoms with Crippen LogP contribution < -0.4 is 5.32 Å². The van der Waals surface area contributed by atoms with E-state index in [0.717, 1.165) is 5.69 Å². The van der Waals surface area contributed by atoms with Crippen LogP contribution in [0.1, 0.15) is 33.3 Å².